The van der Waals surface area contributed by atoms with Crippen LogP contribution in [-0.2, 0) is 37.9 Å². The highest BCUT2D eigenvalue weighted by molar-refractivity contribution is 7.81. The van der Waals surface area contributed by atoms with Crippen LogP contribution < -0.4 is 0 Å². The Balaban J connectivity index is -0.000000235. The summed E-state index contributed by atoms with van der Waals surface area (Å²) in [6.07, 6.45) is 20.5. The van der Waals surface area contributed by atoms with Crippen LogP contribution in [0.2, 0.25) is 0 Å². The summed E-state index contributed by atoms with van der Waals surface area (Å²) in [5.74, 6) is 2.85. The van der Waals surface area contributed by atoms with Crippen LogP contribution in [0.15, 0.2) is 36.9 Å². The smallest absolute Gasteiger partial charge is 0.164 e. The maximum Gasteiger partial charge on any atom is 0.164 e. The van der Waals surface area contributed by atoms with Gasteiger partial charge >= 0.3 is 0 Å². The maximum absolute atomic E-state index is 5.37. The van der Waals surface area contributed by atoms with Crippen molar-refractivity contribution in [3.8, 4) is 0 Å². The molecule has 0 heterocycles. The number of ether oxygens (including phenoxy) is 8. The Bertz CT molecular complexity index is 1540. The SMILES string of the molecule is C=C(OC[SiH3])c1ccccc1.CC(=S)OC[SiH3].CC(C)(C)C(=S)OC[SiH3].CC(C)C(=S)OC[SiH3].CCC(=S)OC[SiH3].CCC(C)C(=S)OC[SiH3].[SiH3]COC(=S)C1CCCC1.[SiH3]COC(=S)C1CCCCC1. The van der Waals surface area contributed by atoms with Crippen LogP contribution in [0, 0.1) is 29.1 Å². The van der Waals surface area contributed by atoms with Gasteiger partial charge in [-0.25, -0.2) is 0 Å². The molecule has 1 aromatic carbocycles. The lowest BCUT2D eigenvalue weighted by Gasteiger charge is -2.21. The fourth-order valence-corrected chi connectivity index (χ4v) is 11.1. The van der Waals surface area contributed by atoms with Gasteiger partial charge in [0.2, 0.25) is 0 Å². The molecule has 0 N–H and O–H groups in total. The van der Waals surface area contributed by atoms with Gasteiger partial charge in [0.15, 0.2) is 35.4 Å². The molecule has 1 atom stereocenters. The van der Waals surface area contributed by atoms with Gasteiger partial charge in [0.25, 0.3) is 0 Å². The highest BCUT2D eigenvalue weighted by Gasteiger charge is 2.20. The summed E-state index contributed by atoms with van der Waals surface area (Å²) in [6.45, 7) is 22.1. The van der Waals surface area contributed by atoms with Crippen LogP contribution in [0.4, 0.5) is 0 Å². The molecule has 0 amide bonds. The van der Waals surface area contributed by atoms with Gasteiger partial charge in [0.05, 0.1) is 132 Å². The average molecular weight is 1250 g/mol. The number of benzene rings is 1. The first kappa shape index (κ1) is 79.6. The zero-order valence-corrected chi connectivity index (χ0v) is 69.2. The molecule has 414 valence electrons. The van der Waals surface area contributed by atoms with Crippen LogP contribution in [-0.4, -0.2) is 167 Å². The van der Waals surface area contributed by atoms with E-state index >= 15 is 0 Å². The highest BCUT2D eigenvalue weighted by Crippen LogP contribution is 2.27. The quantitative estimate of drug-likeness (QED) is 0.132. The molecule has 2 saturated carbocycles. The van der Waals surface area contributed by atoms with Crippen molar-refractivity contribution in [2.45, 2.75) is 133 Å². The Morgan fingerprint density at radius 1 is 0.549 bits per heavy atom. The van der Waals surface area contributed by atoms with Crippen molar-refractivity contribution < 1.29 is 37.9 Å². The molecule has 23 heteroatoms. The molecular weight excluding hydrogens is 1150 g/mol. The zero-order chi connectivity index (χ0) is 55.6. The molecule has 0 spiro atoms. The molecule has 8 nitrogen and oxygen atoms in total. The Hall–Kier alpha value is -0.275. The van der Waals surface area contributed by atoms with Crippen LogP contribution in [0.5, 0.6) is 0 Å². The molecule has 0 aromatic heterocycles. The molecule has 0 saturated heterocycles. The maximum atomic E-state index is 5.37. The number of hydrogen-bond acceptors (Lipinski definition) is 15. The predicted molar refractivity (Wildman–Crippen MR) is 369 cm³/mol. The monoisotopic (exact) mass is 1250 g/mol. The van der Waals surface area contributed by atoms with Gasteiger partial charge in [0.1, 0.15) is 5.76 Å². The first-order chi connectivity index (χ1) is 33.5. The van der Waals surface area contributed by atoms with Gasteiger partial charge in [-0.2, -0.15) is 0 Å². The molecule has 0 radical (unpaired) electrons. The molecular formula is C48H100O8S7Si8. The van der Waals surface area contributed by atoms with E-state index in [1.807, 2.05) is 51.1 Å². The fraction of sp³-hybridized carbons (Fsp3) is 0.688. The van der Waals surface area contributed by atoms with Crippen molar-refractivity contribution in [2.24, 2.45) is 29.1 Å². The van der Waals surface area contributed by atoms with Crippen LogP contribution in [0.3, 0.4) is 0 Å². The van der Waals surface area contributed by atoms with E-state index in [0.717, 1.165) is 186 Å². The van der Waals surface area contributed by atoms with Crippen molar-refractivity contribution in [2.75, 3.05) is 49.8 Å². The third-order valence-electron chi connectivity index (χ3n) is 9.50. The van der Waals surface area contributed by atoms with Crippen molar-refractivity contribution in [1.29, 1.82) is 0 Å². The van der Waals surface area contributed by atoms with Gasteiger partial charge in [-0.05, 0) is 118 Å². The van der Waals surface area contributed by atoms with E-state index in [4.69, 9.17) is 111 Å². The van der Waals surface area contributed by atoms with Gasteiger partial charge in [0, 0.05) is 48.0 Å². The summed E-state index contributed by atoms with van der Waals surface area (Å²) in [4.78, 5) is 0. The largest absolute Gasteiger partial charge is 0.498 e. The van der Waals surface area contributed by atoms with E-state index in [-0.39, 0.29) is 5.41 Å². The van der Waals surface area contributed by atoms with E-state index < -0.39 is 0 Å². The summed E-state index contributed by atoms with van der Waals surface area (Å²) in [6, 6.07) is 9.95. The van der Waals surface area contributed by atoms with E-state index in [9.17, 15) is 0 Å². The average Bonchev–Trinajstić information content (AvgIpc) is 3.89. The summed E-state index contributed by atoms with van der Waals surface area (Å²) in [7, 11) is 8.62. The van der Waals surface area contributed by atoms with Crippen LogP contribution in [0.25, 0.3) is 5.76 Å². The normalized spacial score (nSPS) is 13.1. The lowest BCUT2D eigenvalue weighted by molar-refractivity contribution is 0.322. The third-order valence-corrected chi connectivity index (χ3v) is 15.1. The van der Waals surface area contributed by atoms with Gasteiger partial charge < -0.3 is 37.9 Å². The molecule has 2 aliphatic carbocycles. The van der Waals surface area contributed by atoms with Crippen molar-refractivity contribution in [3.63, 3.8) is 0 Å². The number of hydrogen-bond donors (Lipinski definition) is 0. The van der Waals surface area contributed by atoms with E-state index in [0.29, 0.717) is 28.7 Å². The minimum Gasteiger partial charge on any atom is -0.498 e. The zero-order valence-electron chi connectivity index (χ0n) is 47.5. The fourth-order valence-electron chi connectivity index (χ4n) is 5.48. The second-order valence-electron chi connectivity index (χ2n) is 17.1. The van der Waals surface area contributed by atoms with Gasteiger partial charge in [-0.3, -0.25) is 0 Å². The Kier molecular flexibility index (Phi) is 62.7. The lowest BCUT2D eigenvalue weighted by Crippen LogP contribution is -2.21. The molecule has 1 aromatic rings. The summed E-state index contributed by atoms with van der Waals surface area (Å²) in [5.41, 5.74) is 1.11. The molecule has 2 fully saturated rings. The minimum atomic E-state index is 0.0414. The summed E-state index contributed by atoms with van der Waals surface area (Å²) < 4.78 is 41.3. The Morgan fingerprint density at radius 3 is 1.20 bits per heavy atom. The summed E-state index contributed by atoms with van der Waals surface area (Å²) >= 11 is 34.5. The van der Waals surface area contributed by atoms with Gasteiger partial charge in [-0.1, -0.05) is 124 Å². The van der Waals surface area contributed by atoms with Crippen molar-refractivity contribution >= 4 is 209 Å². The number of rotatable bonds is 16. The molecule has 0 bridgehead atoms. The first-order valence-electron chi connectivity index (χ1n) is 26.0. The molecule has 2 aliphatic rings. The molecule has 3 rings (SSSR count). The van der Waals surface area contributed by atoms with E-state index in [1.165, 1.54) is 57.8 Å². The summed E-state index contributed by atoms with van der Waals surface area (Å²) in [5, 5.41) is 5.44. The predicted octanol–water partition coefficient (Wildman–Crippen LogP) is 4.52. The van der Waals surface area contributed by atoms with Crippen molar-refractivity contribution in [3.05, 3.63) is 42.5 Å². The van der Waals surface area contributed by atoms with E-state index in [2.05, 4.69) is 53.4 Å². The first-order valence-corrected chi connectivity index (χ1v) is 40.2. The Labute approximate surface area is 496 Å². The second-order valence-corrected chi connectivity index (χ2v) is 24.7. The Morgan fingerprint density at radius 2 is 0.930 bits per heavy atom. The van der Waals surface area contributed by atoms with Crippen LogP contribution in [0.1, 0.15) is 139 Å². The third kappa shape index (κ3) is 54.3. The van der Waals surface area contributed by atoms with Gasteiger partial charge in [-0.15, -0.1) is 0 Å². The number of thiocarbonyl (C=S) groups is 7. The molecule has 0 aliphatic heterocycles. The van der Waals surface area contributed by atoms with Crippen LogP contribution >= 0.6 is 85.5 Å². The minimum absolute atomic E-state index is 0.0414. The lowest BCUT2D eigenvalue weighted by atomic mass is 9.90. The standard InChI is InChI=1S/C9H12OSi.C8H16OSSi.C7H14OSSi.2C6H14OSSi.C5H12OSSi.C4H10OSSi.C3H8OSSi/c1-8(10-7-11)9-5-3-2-4-6-9;10-8(9-6-11)7-4-2-1-3-5-7;9-7(8-5-10)6-3-1-2-4-6;1-6(2,3)5(8)7-4-9;1-3-5(2)6(8)7-4-9;1-4(2)5(7)6-3-8;1-2-4(6)5-3-7;1-3(5)4-2-6/h2-6H,1,7H2,11H3;7H,1-6H2,11H3;6H,1-5H2,10H3;4H2,1-3,9H3;5H,3-4H2,1-2,9H3;4H,3H2,1-2,8H3;2-3H2,1,7H3;2H2,1,6H3. The van der Waals surface area contributed by atoms with Crippen molar-refractivity contribution in [1.82, 2.24) is 0 Å². The van der Waals surface area contributed by atoms with E-state index in [1.54, 1.807) is 6.92 Å². The highest BCUT2D eigenvalue weighted by atomic mass is 32.1. The topological polar surface area (TPSA) is 73.8 Å². The second kappa shape index (κ2) is 55.9. The molecule has 71 heavy (non-hydrogen) atoms. The molecule has 1 unspecified atom stereocenters.